The molecule has 154 valence electrons. The van der Waals surface area contributed by atoms with E-state index >= 15 is 0 Å². The first-order valence-corrected chi connectivity index (χ1v) is 10.2. The van der Waals surface area contributed by atoms with Crippen LogP contribution in [0.5, 0.6) is 5.75 Å². The molecule has 0 fully saturated rings. The molecule has 2 aromatic carbocycles. The second kappa shape index (κ2) is 11.8. The first-order valence-electron chi connectivity index (χ1n) is 9.77. The van der Waals surface area contributed by atoms with Crippen molar-refractivity contribution in [1.29, 1.82) is 0 Å². The smallest absolute Gasteiger partial charge is 0.257 e. The molecule has 6 nitrogen and oxygen atoms in total. The highest BCUT2D eigenvalue weighted by Crippen LogP contribution is 2.19. The minimum atomic E-state index is -0.283. The monoisotopic (exact) mass is 413 g/mol. The van der Waals surface area contributed by atoms with Crippen LogP contribution in [-0.4, -0.2) is 23.5 Å². The Balaban J connectivity index is 1.99. The normalized spacial score (nSPS) is 10.1. The second-order valence-electron chi connectivity index (χ2n) is 6.42. The van der Waals surface area contributed by atoms with Crippen LogP contribution in [0.4, 0.5) is 11.4 Å². The molecule has 0 atom stereocenters. The average molecular weight is 414 g/mol. The van der Waals surface area contributed by atoms with Crippen molar-refractivity contribution in [3.63, 3.8) is 0 Å². The summed E-state index contributed by atoms with van der Waals surface area (Å²) in [5.74, 6) is 0.328. The molecule has 0 bridgehead atoms. The highest BCUT2D eigenvalue weighted by molar-refractivity contribution is 7.80. The number of carbonyl (C=O) groups is 2. The number of rotatable bonds is 9. The van der Waals surface area contributed by atoms with Gasteiger partial charge >= 0.3 is 0 Å². The fourth-order valence-electron chi connectivity index (χ4n) is 2.67. The van der Waals surface area contributed by atoms with E-state index in [0.717, 1.165) is 25.0 Å². The fourth-order valence-corrected chi connectivity index (χ4v) is 2.89. The summed E-state index contributed by atoms with van der Waals surface area (Å²) in [7, 11) is 0. The second-order valence-corrected chi connectivity index (χ2v) is 6.82. The zero-order valence-corrected chi connectivity index (χ0v) is 17.6. The number of anilines is 2. The molecule has 2 amide bonds. The summed E-state index contributed by atoms with van der Waals surface area (Å²) < 4.78 is 5.40. The molecule has 0 radical (unpaired) electrons. The van der Waals surface area contributed by atoms with E-state index < -0.39 is 0 Å². The Hall–Kier alpha value is -2.93. The van der Waals surface area contributed by atoms with Gasteiger partial charge in [-0.25, -0.2) is 0 Å². The summed E-state index contributed by atoms with van der Waals surface area (Å²) in [4.78, 5) is 24.6. The average Bonchev–Trinajstić information content (AvgIpc) is 2.70. The van der Waals surface area contributed by atoms with Crippen molar-refractivity contribution >= 4 is 40.5 Å². The van der Waals surface area contributed by atoms with E-state index in [1.54, 1.807) is 48.5 Å². The summed E-state index contributed by atoms with van der Waals surface area (Å²) in [5, 5.41) is 8.63. The number of unbranched alkanes of at least 4 members (excludes halogenated alkanes) is 2. The molecule has 0 aromatic heterocycles. The lowest BCUT2D eigenvalue weighted by molar-refractivity contribution is -0.119. The van der Waals surface area contributed by atoms with Crippen LogP contribution >= 0.6 is 12.2 Å². The van der Waals surface area contributed by atoms with E-state index in [0.29, 0.717) is 30.0 Å². The van der Waals surface area contributed by atoms with Gasteiger partial charge in [0, 0.05) is 12.1 Å². The summed E-state index contributed by atoms with van der Waals surface area (Å²) >= 11 is 5.22. The SMILES string of the molecule is CCCCCC(=O)NC(=S)Nc1ccccc1C(=O)Nc1ccc(OCC)cc1. The molecular weight excluding hydrogens is 386 g/mol. The zero-order valence-electron chi connectivity index (χ0n) is 16.8. The van der Waals surface area contributed by atoms with Crippen LogP contribution in [0.3, 0.4) is 0 Å². The fraction of sp³-hybridized carbons (Fsp3) is 0.318. The molecule has 0 heterocycles. The summed E-state index contributed by atoms with van der Waals surface area (Å²) in [5.41, 5.74) is 1.60. The Morgan fingerprint density at radius 1 is 0.966 bits per heavy atom. The number of nitrogens with one attached hydrogen (secondary N) is 3. The van der Waals surface area contributed by atoms with Crippen molar-refractivity contribution in [1.82, 2.24) is 5.32 Å². The molecule has 29 heavy (non-hydrogen) atoms. The van der Waals surface area contributed by atoms with E-state index in [9.17, 15) is 9.59 Å². The van der Waals surface area contributed by atoms with Gasteiger partial charge in [0.2, 0.25) is 5.91 Å². The van der Waals surface area contributed by atoms with Crippen LogP contribution in [0.25, 0.3) is 0 Å². The van der Waals surface area contributed by atoms with Gasteiger partial charge in [-0.15, -0.1) is 0 Å². The van der Waals surface area contributed by atoms with E-state index in [-0.39, 0.29) is 16.9 Å². The predicted molar refractivity (Wildman–Crippen MR) is 121 cm³/mol. The summed E-state index contributed by atoms with van der Waals surface area (Å²) in [6.07, 6.45) is 3.30. The van der Waals surface area contributed by atoms with Crippen molar-refractivity contribution < 1.29 is 14.3 Å². The molecule has 0 aliphatic carbocycles. The maximum atomic E-state index is 12.7. The number of hydrogen-bond acceptors (Lipinski definition) is 4. The van der Waals surface area contributed by atoms with Gasteiger partial charge in [-0.1, -0.05) is 31.9 Å². The van der Waals surface area contributed by atoms with Crippen molar-refractivity contribution in [3.05, 3.63) is 54.1 Å². The number of carbonyl (C=O) groups excluding carboxylic acids is 2. The van der Waals surface area contributed by atoms with Gasteiger partial charge in [-0.2, -0.15) is 0 Å². The lowest BCUT2D eigenvalue weighted by Gasteiger charge is -2.14. The van der Waals surface area contributed by atoms with E-state index in [4.69, 9.17) is 17.0 Å². The number of ether oxygens (including phenoxy) is 1. The van der Waals surface area contributed by atoms with E-state index in [2.05, 4.69) is 22.9 Å². The van der Waals surface area contributed by atoms with Crippen LogP contribution in [0, 0.1) is 0 Å². The Morgan fingerprint density at radius 3 is 2.38 bits per heavy atom. The Morgan fingerprint density at radius 2 is 1.69 bits per heavy atom. The Bertz CT molecular complexity index is 837. The summed E-state index contributed by atoms with van der Waals surface area (Å²) in [6, 6.07) is 14.1. The zero-order chi connectivity index (χ0) is 21.1. The molecular formula is C22H27N3O3S. The van der Waals surface area contributed by atoms with Gasteiger partial charge in [-0.05, 0) is 62.0 Å². The highest BCUT2D eigenvalue weighted by Gasteiger charge is 2.13. The van der Waals surface area contributed by atoms with E-state index in [1.807, 2.05) is 6.92 Å². The Labute approximate surface area is 177 Å². The molecule has 2 rings (SSSR count). The number of hydrogen-bond donors (Lipinski definition) is 3. The van der Waals surface area contributed by atoms with Crippen molar-refractivity contribution in [2.45, 2.75) is 39.5 Å². The van der Waals surface area contributed by atoms with Crippen molar-refractivity contribution in [2.24, 2.45) is 0 Å². The molecule has 3 N–H and O–H groups in total. The molecule has 0 aliphatic heterocycles. The van der Waals surface area contributed by atoms with Gasteiger partial charge < -0.3 is 20.7 Å². The minimum Gasteiger partial charge on any atom is -0.494 e. The number of thiocarbonyl (C=S) groups is 1. The largest absolute Gasteiger partial charge is 0.494 e. The van der Waals surface area contributed by atoms with Gasteiger partial charge in [0.15, 0.2) is 5.11 Å². The molecule has 0 saturated heterocycles. The van der Waals surface area contributed by atoms with Crippen LogP contribution in [-0.2, 0) is 4.79 Å². The predicted octanol–water partition coefficient (Wildman–Crippen LogP) is 4.73. The van der Waals surface area contributed by atoms with Gasteiger partial charge in [0.1, 0.15) is 5.75 Å². The molecule has 2 aromatic rings. The van der Waals surface area contributed by atoms with Gasteiger partial charge in [-0.3, -0.25) is 9.59 Å². The number of para-hydroxylation sites is 1. The lowest BCUT2D eigenvalue weighted by Crippen LogP contribution is -2.34. The van der Waals surface area contributed by atoms with Crippen molar-refractivity contribution in [2.75, 3.05) is 17.2 Å². The summed E-state index contributed by atoms with van der Waals surface area (Å²) in [6.45, 7) is 4.58. The van der Waals surface area contributed by atoms with Crippen LogP contribution in [0.2, 0.25) is 0 Å². The van der Waals surface area contributed by atoms with Crippen molar-refractivity contribution in [3.8, 4) is 5.75 Å². The first kappa shape index (κ1) is 22.4. The lowest BCUT2D eigenvalue weighted by atomic mass is 10.1. The topological polar surface area (TPSA) is 79.5 Å². The highest BCUT2D eigenvalue weighted by atomic mass is 32.1. The molecule has 0 saturated carbocycles. The van der Waals surface area contributed by atoms with Crippen LogP contribution in [0.1, 0.15) is 49.9 Å². The number of amides is 2. The van der Waals surface area contributed by atoms with Crippen LogP contribution in [0.15, 0.2) is 48.5 Å². The van der Waals surface area contributed by atoms with E-state index in [1.165, 1.54) is 0 Å². The quantitative estimate of drug-likeness (QED) is 0.409. The van der Waals surface area contributed by atoms with Gasteiger partial charge in [0.05, 0.1) is 17.9 Å². The minimum absolute atomic E-state index is 0.132. The molecule has 7 heteroatoms. The molecule has 0 spiro atoms. The Kier molecular flexibility index (Phi) is 9.11. The van der Waals surface area contributed by atoms with Crippen LogP contribution < -0.4 is 20.7 Å². The van der Waals surface area contributed by atoms with Gasteiger partial charge in [0.25, 0.3) is 5.91 Å². The third-order valence-electron chi connectivity index (χ3n) is 4.10. The maximum absolute atomic E-state index is 12.7. The number of benzene rings is 2. The maximum Gasteiger partial charge on any atom is 0.257 e. The third kappa shape index (κ3) is 7.54. The first-order chi connectivity index (χ1) is 14.0. The standard InChI is InChI=1S/C22H27N3O3S/c1-3-5-6-11-20(26)25-22(29)24-19-10-8-7-9-18(19)21(27)23-16-12-14-17(15-13-16)28-4-2/h7-10,12-15H,3-6,11H2,1-2H3,(H,23,27)(H2,24,25,26,29). The third-order valence-corrected chi connectivity index (χ3v) is 4.31. The molecule has 0 unspecified atom stereocenters. The molecule has 0 aliphatic rings.